The smallest absolute Gasteiger partial charge is 0.228 e. The monoisotopic (exact) mass is 339 g/mol. The number of ether oxygens (including phenoxy) is 1. The van der Waals surface area contributed by atoms with Gasteiger partial charge in [-0.05, 0) is 24.1 Å². The highest BCUT2D eigenvalue weighted by molar-refractivity contribution is 9.10. The van der Waals surface area contributed by atoms with Crippen LogP contribution in [0.2, 0.25) is 0 Å². The SMILES string of the molecule is CNc1ncnc(Oc2cc(Br)ccc2F)c1C(C)C. The molecule has 0 saturated carbocycles. The molecule has 0 amide bonds. The lowest BCUT2D eigenvalue weighted by Crippen LogP contribution is -2.05. The van der Waals surface area contributed by atoms with Gasteiger partial charge in [0.2, 0.25) is 5.88 Å². The second-order valence-corrected chi connectivity index (χ2v) is 5.44. The van der Waals surface area contributed by atoms with Crippen molar-refractivity contribution < 1.29 is 9.13 Å². The zero-order chi connectivity index (χ0) is 14.7. The van der Waals surface area contributed by atoms with Crippen LogP contribution in [-0.4, -0.2) is 17.0 Å². The van der Waals surface area contributed by atoms with E-state index in [4.69, 9.17) is 4.74 Å². The number of nitrogens with zero attached hydrogens (tertiary/aromatic N) is 2. The molecule has 0 aliphatic heterocycles. The molecule has 2 rings (SSSR count). The largest absolute Gasteiger partial charge is 0.435 e. The first kappa shape index (κ1) is 14.7. The molecule has 1 aromatic heterocycles. The second kappa shape index (κ2) is 6.17. The lowest BCUT2D eigenvalue weighted by atomic mass is 10.1. The van der Waals surface area contributed by atoms with Crippen LogP contribution >= 0.6 is 15.9 Å². The molecule has 0 spiro atoms. The molecular formula is C14H15BrFN3O. The van der Waals surface area contributed by atoms with Crippen LogP contribution in [0.1, 0.15) is 25.3 Å². The quantitative estimate of drug-likeness (QED) is 0.900. The van der Waals surface area contributed by atoms with Crippen LogP contribution in [0, 0.1) is 5.82 Å². The first-order valence-electron chi connectivity index (χ1n) is 6.18. The fourth-order valence-electron chi connectivity index (χ4n) is 1.84. The molecule has 20 heavy (non-hydrogen) atoms. The predicted molar refractivity (Wildman–Crippen MR) is 79.8 cm³/mol. The van der Waals surface area contributed by atoms with Gasteiger partial charge in [0.15, 0.2) is 11.6 Å². The molecule has 1 N–H and O–H groups in total. The van der Waals surface area contributed by atoms with E-state index in [1.807, 2.05) is 13.8 Å². The molecule has 0 aliphatic rings. The number of benzene rings is 1. The Bertz CT molecular complexity index is 619. The van der Waals surface area contributed by atoms with E-state index in [9.17, 15) is 4.39 Å². The Morgan fingerprint density at radius 3 is 2.70 bits per heavy atom. The molecular weight excluding hydrogens is 325 g/mol. The Labute approximate surface area is 125 Å². The maximum absolute atomic E-state index is 13.8. The van der Waals surface area contributed by atoms with E-state index in [1.54, 1.807) is 19.2 Å². The van der Waals surface area contributed by atoms with Gasteiger partial charge in [-0.15, -0.1) is 0 Å². The number of nitrogens with one attached hydrogen (secondary N) is 1. The highest BCUT2D eigenvalue weighted by Gasteiger charge is 2.17. The third kappa shape index (κ3) is 3.07. The molecule has 6 heteroatoms. The van der Waals surface area contributed by atoms with Crippen LogP contribution < -0.4 is 10.1 Å². The van der Waals surface area contributed by atoms with Crippen molar-refractivity contribution in [1.82, 2.24) is 9.97 Å². The lowest BCUT2D eigenvalue weighted by molar-refractivity contribution is 0.419. The van der Waals surface area contributed by atoms with Crippen LogP contribution in [0.5, 0.6) is 11.6 Å². The Hall–Kier alpha value is -1.69. The summed E-state index contributed by atoms with van der Waals surface area (Å²) in [5.41, 5.74) is 0.814. The zero-order valence-corrected chi connectivity index (χ0v) is 13.0. The molecule has 0 aliphatic carbocycles. The van der Waals surface area contributed by atoms with Crippen molar-refractivity contribution in [3.05, 3.63) is 40.4 Å². The van der Waals surface area contributed by atoms with E-state index >= 15 is 0 Å². The third-order valence-corrected chi connectivity index (χ3v) is 3.25. The Morgan fingerprint density at radius 2 is 2.05 bits per heavy atom. The summed E-state index contributed by atoms with van der Waals surface area (Å²) in [6.07, 6.45) is 1.39. The first-order chi connectivity index (χ1) is 9.52. The van der Waals surface area contributed by atoms with E-state index in [-0.39, 0.29) is 11.7 Å². The fraction of sp³-hybridized carbons (Fsp3) is 0.286. The normalized spacial score (nSPS) is 10.7. The summed E-state index contributed by atoms with van der Waals surface area (Å²) in [4.78, 5) is 8.27. The lowest BCUT2D eigenvalue weighted by Gasteiger charge is -2.15. The molecule has 2 aromatic rings. The van der Waals surface area contributed by atoms with E-state index in [0.29, 0.717) is 11.7 Å². The predicted octanol–water partition coefficient (Wildman–Crippen LogP) is 4.34. The van der Waals surface area contributed by atoms with Gasteiger partial charge >= 0.3 is 0 Å². The molecule has 1 aromatic carbocycles. The van der Waals surface area contributed by atoms with Crippen molar-refractivity contribution in [2.45, 2.75) is 19.8 Å². The van der Waals surface area contributed by atoms with Crippen molar-refractivity contribution >= 4 is 21.7 Å². The minimum Gasteiger partial charge on any atom is -0.435 e. The molecule has 4 nitrogen and oxygen atoms in total. The van der Waals surface area contributed by atoms with Crippen LogP contribution in [-0.2, 0) is 0 Å². The second-order valence-electron chi connectivity index (χ2n) is 4.52. The van der Waals surface area contributed by atoms with E-state index in [0.717, 1.165) is 10.0 Å². The summed E-state index contributed by atoms with van der Waals surface area (Å²) in [5, 5.41) is 2.99. The minimum absolute atomic E-state index is 0.127. The number of anilines is 1. The van der Waals surface area contributed by atoms with Gasteiger partial charge in [0, 0.05) is 11.5 Å². The third-order valence-electron chi connectivity index (χ3n) is 2.76. The Kier molecular flexibility index (Phi) is 4.54. The van der Waals surface area contributed by atoms with Gasteiger partial charge < -0.3 is 10.1 Å². The molecule has 106 valence electrons. The van der Waals surface area contributed by atoms with E-state index in [1.165, 1.54) is 12.4 Å². The van der Waals surface area contributed by atoms with Crippen molar-refractivity contribution in [3.8, 4) is 11.6 Å². The van der Waals surface area contributed by atoms with Crippen LogP contribution in [0.25, 0.3) is 0 Å². The number of aromatic nitrogens is 2. The number of rotatable bonds is 4. The number of halogens is 2. The summed E-state index contributed by atoms with van der Waals surface area (Å²) in [5.74, 6) is 0.871. The number of hydrogen-bond acceptors (Lipinski definition) is 4. The topological polar surface area (TPSA) is 47.0 Å². The average Bonchev–Trinajstić information content (AvgIpc) is 2.42. The van der Waals surface area contributed by atoms with Crippen LogP contribution in [0.3, 0.4) is 0 Å². The van der Waals surface area contributed by atoms with Gasteiger partial charge in [-0.3, -0.25) is 0 Å². The standard InChI is InChI=1S/C14H15BrFN3O/c1-8(2)12-13(17-3)18-7-19-14(12)20-11-6-9(15)4-5-10(11)16/h4-8H,1-3H3,(H,17,18,19). The summed E-state index contributed by atoms with van der Waals surface area (Å²) >= 11 is 3.29. The molecule has 0 saturated heterocycles. The minimum atomic E-state index is -0.437. The van der Waals surface area contributed by atoms with Crippen molar-refractivity contribution in [1.29, 1.82) is 0 Å². The summed E-state index contributed by atoms with van der Waals surface area (Å²) in [6, 6.07) is 4.53. The molecule has 0 atom stereocenters. The molecule has 0 radical (unpaired) electrons. The molecule has 0 unspecified atom stereocenters. The van der Waals surface area contributed by atoms with Gasteiger partial charge in [-0.25, -0.2) is 14.4 Å². The van der Waals surface area contributed by atoms with Crippen molar-refractivity contribution in [2.24, 2.45) is 0 Å². The van der Waals surface area contributed by atoms with E-state index in [2.05, 4.69) is 31.2 Å². The van der Waals surface area contributed by atoms with Gasteiger partial charge in [0.25, 0.3) is 0 Å². The fourth-order valence-corrected chi connectivity index (χ4v) is 2.18. The van der Waals surface area contributed by atoms with Crippen molar-refractivity contribution in [3.63, 3.8) is 0 Å². The van der Waals surface area contributed by atoms with Crippen LogP contribution in [0.4, 0.5) is 10.2 Å². The highest BCUT2D eigenvalue weighted by atomic mass is 79.9. The molecule has 0 fully saturated rings. The first-order valence-corrected chi connectivity index (χ1v) is 6.97. The molecule has 1 heterocycles. The summed E-state index contributed by atoms with van der Waals surface area (Å²) in [6.45, 7) is 4.01. The van der Waals surface area contributed by atoms with Gasteiger partial charge in [0.1, 0.15) is 12.1 Å². The maximum Gasteiger partial charge on any atom is 0.228 e. The Morgan fingerprint density at radius 1 is 1.30 bits per heavy atom. The average molecular weight is 340 g/mol. The molecule has 0 bridgehead atoms. The van der Waals surface area contributed by atoms with Crippen LogP contribution in [0.15, 0.2) is 29.0 Å². The highest BCUT2D eigenvalue weighted by Crippen LogP contribution is 2.34. The Balaban J connectivity index is 2.45. The number of hydrogen-bond donors (Lipinski definition) is 1. The van der Waals surface area contributed by atoms with Crippen molar-refractivity contribution in [2.75, 3.05) is 12.4 Å². The van der Waals surface area contributed by atoms with Gasteiger partial charge in [-0.2, -0.15) is 0 Å². The van der Waals surface area contributed by atoms with Gasteiger partial charge in [0.05, 0.1) is 5.56 Å². The summed E-state index contributed by atoms with van der Waals surface area (Å²) < 4.78 is 20.1. The summed E-state index contributed by atoms with van der Waals surface area (Å²) in [7, 11) is 1.78. The zero-order valence-electron chi connectivity index (χ0n) is 11.4. The maximum atomic E-state index is 13.8. The van der Waals surface area contributed by atoms with E-state index < -0.39 is 5.82 Å². The van der Waals surface area contributed by atoms with Gasteiger partial charge in [-0.1, -0.05) is 29.8 Å².